The van der Waals surface area contributed by atoms with Gasteiger partial charge < -0.3 is 11.1 Å². The lowest BCUT2D eigenvalue weighted by Crippen LogP contribution is -2.02. The van der Waals surface area contributed by atoms with Gasteiger partial charge in [0.2, 0.25) is 0 Å². The minimum Gasteiger partial charge on any atom is -0.381 e. The average molecular weight is 254 g/mol. The number of nitrogens with one attached hydrogen (secondary N) is 1. The first kappa shape index (κ1) is 13.3. The molecule has 3 nitrogen and oxygen atoms in total. The molecule has 0 amide bonds. The Balaban J connectivity index is 2.05. The highest BCUT2D eigenvalue weighted by atomic mass is 16.1. The van der Waals surface area contributed by atoms with Crippen molar-refractivity contribution >= 4 is 11.5 Å². The molecule has 3 heteroatoms. The van der Waals surface area contributed by atoms with Gasteiger partial charge in [0.05, 0.1) is 0 Å². The van der Waals surface area contributed by atoms with E-state index in [0.717, 1.165) is 23.4 Å². The lowest BCUT2D eigenvalue weighted by atomic mass is 10.1. The van der Waals surface area contributed by atoms with Gasteiger partial charge in [0, 0.05) is 24.3 Å². The fourth-order valence-electron chi connectivity index (χ4n) is 1.92. The van der Waals surface area contributed by atoms with Crippen molar-refractivity contribution in [1.29, 1.82) is 0 Å². The third kappa shape index (κ3) is 3.66. The van der Waals surface area contributed by atoms with Gasteiger partial charge in [0.25, 0.3) is 0 Å². The maximum atomic E-state index is 11.3. The van der Waals surface area contributed by atoms with Crippen molar-refractivity contribution in [3.05, 3.63) is 65.2 Å². The van der Waals surface area contributed by atoms with E-state index in [1.54, 1.807) is 6.92 Å². The molecule has 0 spiro atoms. The predicted molar refractivity (Wildman–Crippen MR) is 78.1 cm³/mol. The number of carbonyl (C=O) groups is 1. The van der Waals surface area contributed by atoms with E-state index in [0.29, 0.717) is 6.54 Å². The Bertz CT molecular complexity index is 578. The quantitative estimate of drug-likeness (QED) is 0.806. The summed E-state index contributed by atoms with van der Waals surface area (Å²) in [6.07, 6.45) is 0. The third-order valence-corrected chi connectivity index (χ3v) is 2.99. The van der Waals surface area contributed by atoms with Crippen LogP contribution in [-0.2, 0) is 13.1 Å². The minimum atomic E-state index is 0.0776. The molecule has 2 rings (SSSR count). The van der Waals surface area contributed by atoms with Gasteiger partial charge in [-0.1, -0.05) is 36.4 Å². The van der Waals surface area contributed by atoms with E-state index in [4.69, 9.17) is 5.73 Å². The topological polar surface area (TPSA) is 55.1 Å². The summed E-state index contributed by atoms with van der Waals surface area (Å²) in [5, 5.41) is 3.31. The molecule has 98 valence electrons. The molecule has 0 fully saturated rings. The van der Waals surface area contributed by atoms with Crippen molar-refractivity contribution in [2.75, 3.05) is 5.32 Å². The Kier molecular flexibility index (Phi) is 4.31. The zero-order chi connectivity index (χ0) is 13.7. The Morgan fingerprint density at radius 2 is 1.84 bits per heavy atom. The molecule has 2 aromatic rings. The number of anilines is 1. The van der Waals surface area contributed by atoms with Crippen LogP contribution in [0.4, 0.5) is 5.69 Å². The molecule has 0 heterocycles. The summed E-state index contributed by atoms with van der Waals surface area (Å²) in [4.78, 5) is 11.3. The van der Waals surface area contributed by atoms with Crippen molar-refractivity contribution in [1.82, 2.24) is 0 Å². The molecule has 0 aliphatic carbocycles. The van der Waals surface area contributed by atoms with E-state index in [2.05, 4.69) is 17.4 Å². The van der Waals surface area contributed by atoms with Crippen LogP contribution < -0.4 is 11.1 Å². The molecule has 0 unspecified atom stereocenters. The summed E-state index contributed by atoms with van der Waals surface area (Å²) < 4.78 is 0. The summed E-state index contributed by atoms with van der Waals surface area (Å²) in [5.74, 6) is 0.0776. The van der Waals surface area contributed by atoms with Crippen LogP contribution in [0.2, 0.25) is 0 Å². The fraction of sp³-hybridized carbons (Fsp3) is 0.188. The summed E-state index contributed by atoms with van der Waals surface area (Å²) in [5.41, 5.74) is 9.59. The van der Waals surface area contributed by atoms with Crippen molar-refractivity contribution < 1.29 is 4.79 Å². The Morgan fingerprint density at radius 3 is 2.58 bits per heavy atom. The van der Waals surface area contributed by atoms with E-state index in [1.807, 2.05) is 36.4 Å². The summed E-state index contributed by atoms with van der Waals surface area (Å²) in [6, 6.07) is 15.7. The van der Waals surface area contributed by atoms with Crippen molar-refractivity contribution in [2.45, 2.75) is 20.0 Å². The Labute approximate surface area is 113 Å². The number of carbonyl (C=O) groups excluding carboxylic acids is 1. The van der Waals surface area contributed by atoms with Gasteiger partial charge in [0.1, 0.15) is 0 Å². The number of ketones is 1. The summed E-state index contributed by atoms with van der Waals surface area (Å²) in [7, 11) is 0. The zero-order valence-corrected chi connectivity index (χ0v) is 11.0. The number of rotatable bonds is 5. The molecule has 0 bridgehead atoms. The van der Waals surface area contributed by atoms with Crippen LogP contribution in [0.25, 0.3) is 0 Å². The van der Waals surface area contributed by atoms with E-state index in [9.17, 15) is 4.79 Å². The molecule has 0 saturated heterocycles. The molecule has 0 aliphatic rings. The molecule has 0 aliphatic heterocycles. The van der Waals surface area contributed by atoms with Crippen LogP contribution in [0, 0.1) is 0 Å². The summed E-state index contributed by atoms with van der Waals surface area (Å²) in [6.45, 7) is 2.84. The van der Waals surface area contributed by atoms with Gasteiger partial charge in [0.15, 0.2) is 5.78 Å². The number of benzene rings is 2. The first-order valence-electron chi connectivity index (χ1n) is 6.32. The number of hydrogen-bond donors (Lipinski definition) is 2. The van der Waals surface area contributed by atoms with Gasteiger partial charge >= 0.3 is 0 Å². The maximum Gasteiger partial charge on any atom is 0.159 e. The first-order chi connectivity index (χ1) is 9.19. The second-order valence-corrected chi connectivity index (χ2v) is 4.51. The molecule has 0 aromatic heterocycles. The van der Waals surface area contributed by atoms with Gasteiger partial charge in [-0.25, -0.2) is 0 Å². The minimum absolute atomic E-state index is 0.0776. The molecule has 3 N–H and O–H groups in total. The van der Waals surface area contributed by atoms with E-state index in [1.165, 1.54) is 5.56 Å². The van der Waals surface area contributed by atoms with Crippen LogP contribution in [0.15, 0.2) is 48.5 Å². The molecule has 0 atom stereocenters. The molecule has 19 heavy (non-hydrogen) atoms. The predicted octanol–water partition coefficient (Wildman–Crippen LogP) is 2.96. The largest absolute Gasteiger partial charge is 0.381 e. The van der Waals surface area contributed by atoms with Crippen LogP contribution in [0.3, 0.4) is 0 Å². The van der Waals surface area contributed by atoms with Crippen molar-refractivity contribution in [2.24, 2.45) is 5.73 Å². The average Bonchev–Trinajstić information content (AvgIpc) is 2.45. The first-order valence-corrected chi connectivity index (χ1v) is 6.32. The van der Waals surface area contributed by atoms with Crippen LogP contribution in [-0.4, -0.2) is 5.78 Å². The standard InChI is InChI=1S/C16H18N2O/c1-12(19)15-6-3-7-16(9-15)18-11-14-5-2-4-13(8-14)10-17/h2-9,18H,10-11,17H2,1H3. The monoisotopic (exact) mass is 254 g/mol. The highest BCUT2D eigenvalue weighted by Crippen LogP contribution is 2.13. The van der Waals surface area contributed by atoms with Gasteiger partial charge in [-0.05, 0) is 30.2 Å². The Morgan fingerprint density at radius 1 is 1.11 bits per heavy atom. The number of hydrogen-bond acceptors (Lipinski definition) is 3. The summed E-state index contributed by atoms with van der Waals surface area (Å²) >= 11 is 0. The van der Waals surface area contributed by atoms with Crippen LogP contribution in [0.5, 0.6) is 0 Å². The highest BCUT2D eigenvalue weighted by Gasteiger charge is 2.00. The lowest BCUT2D eigenvalue weighted by Gasteiger charge is -2.08. The smallest absolute Gasteiger partial charge is 0.159 e. The molecule has 0 radical (unpaired) electrons. The van der Waals surface area contributed by atoms with E-state index < -0.39 is 0 Å². The molecule has 2 aromatic carbocycles. The SMILES string of the molecule is CC(=O)c1cccc(NCc2cccc(CN)c2)c1. The van der Waals surface area contributed by atoms with E-state index >= 15 is 0 Å². The van der Waals surface area contributed by atoms with Gasteiger partial charge in [-0.15, -0.1) is 0 Å². The second kappa shape index (κ2) is 6.16. The van der Waals surface area contributed by atoms with Crippen molar-refractivity contribution in [3.63, 3.8) is 0 Å². The molecular formula is C16H18N2O. The normalized spacial score (nSPS) is 10.2. The molecule has 0 saturated carbocycles. The fourth-order valence-corrected chi connectivity index (χ4v) is 1.92. The molecular weight excluding hydrogens is 236 g/mol. The van der Waals surface area contributed by atoms with Crippen LogP contribution in [0.1, 0.15) is 28.4 Å². The van der Waals surface area contributed by atoms with Gasteiger partial charge in [-0.2, -0.15) is 0 Å². The van der Waals surface area contributed by atoms with E-state index in [-0.39, 0.29) is 5.78 Å². The van der Waals surface area contributed by atoms with Gasteiger partial charge in [-0.3, -0.25) is 4.79 Å². The third-order valence-electron chi connectivity index (χ3n) is 2.99. The lowest BCUT2D eigenvalue weighted by molar-refractivity contribution is 0.101. The zero-order valence-electron chi connectivity index (χ0n) is 11.0. The number of nitrogens with two attached hydrogens (primary N) is 1. The van der Waals surface area contributed by atoms with Crippen molar-refractivity contribution in [3.8, 4) is 0 Å². The number of Topliss-reactive ketones (excluding diaryl/α,β-unsaturated/α-hetero) is 1. The Hall–Kier alpha value is -2.13. The van der Waals surface area contributed by atoms with Crippen LogP contribution >= 0.6 is 0 Å². The maximum absolute atomic E-state index is 11.3. The second-order valence-electron chi connectivity index (χ2n) is 4.51. The highest BCUT2D eigenvalue weighted by molar-refractivity contribution is 5.94.